The van der Waals surface area contributed by atoms with E-state index < -0.39 is 0 Å². The number of carbonyl (C=O) groups is 1. The van der Waals surface area contributed by atoms with Gasteiger partial charge in [-0.3, -0.25) is 14.8 Å². The Kier molecular flexibility index (Phi) is 5.87. The van der Waals surface area contributed by atoms with Gasteiger partial charge in [-0.25, -0.2) is 4.98 Å². The van der Waals surface area contributed by atoms with E-state index in [1.807, 2.05) is 54.6 Å². The molecule has 6 nitrogen and oxygen atoms in total. The highest BCUT2D eigenvalue weighted by Gasteiger charge is 2.12. The van der Waals surface area contributed by atoms with Crippen molar-refractivity contribution in [1.82, 2.24) is 20.3 Å². The first-order valence-electron chi connectivity index (χ1n) is 9.04. The van der Waals surface area contributed by atoms with Crippen LogP contribution < -0.4 is 10.1 Å². The van der Waals surface area contributed by atoms with Crippen molar-refractivity contribution >= 4 is 17.2 Å². The highest BCUT2D eigenvalue weighted by Crippen LogP contribution is 2.21. The normalized spacial score (nSPS) is 10.5. The Hall–Kier alpha value is -3.58. The zero-order chi connectivity index (χ0) is 19.9. The lowest BCUT2D eigenvalue weighted by molar-refractivity contribution is 0.0946. The standard InChI is InChI=1S/C22H18N4O2S/c27-21(20-15-29-22(26-20)19-13-23-10-11-24-19)25-12-16-6-8-18(9-7-16)28-14-17-4-2-1-3-5-17/h1-11,13,15H,12,14H2,(H,25,27). The number of benzene rings is 2. The third-order valence-electron chi connectivity index (χ3n) is 4.14. The average Bonchev–Trinajstić information content (AvgIpc) is 3.29. The van der Waals surface area contributed by atoms with Gasteiger partial charge in [-0.05, 0) is 23.3 Å². The smallest absolute Gasteiger partial charge is 0.271 e. The lowest BCUT2D eigenvalue weighted by Gasteiger charge is -2.08. The Morgan fingerprint density at radius 3 is 2.59 bits per heavy atom. The number of nitrogens with zero attached hydrogens (tertiary/aromatic N) is 3. The summed E-state index contributed by atoms with van der Waals surface area (Å²) in [6, 6.07) is 17.7. The molecule has 4 aromatic rings. The molecule has 0 aliphatic heterocycles. The Bertz CT molecular complexity index is 1070. The van der Waals surface area contributed by atoms with Crippen molar-refractivity contribution in [2.24, 2.45) is 0 Å². The lowest BCUT2D eigenvalue weighted by Crippen LogP contribution is -2.23. The van der Waals surface area contributed by atoms with Gasteiger partial charge in [0.1, 0.15) is 28.8 Å². The van der Waals surface area contributed by atoms with Crippen molar-refractivity contribution in [2.45, 2.75) is 13.2 Å². The predicted octanol–water partition coefficient (Wildman–Crippen LogP) is 4.11. The van der Waals surface area contributed by atoms with Gasteiger partial charge >= 0.3 is 0 Å². The number of thiazole rings is 1. The van der Waals surface area contributed by atoms with E-state index in [-0.39, 0.29) is 5.91 Å². The van der Waals surface area contributed by atoms with Crippen LogP contribution in [0.5, 0.6) is 5.75 Å². The summed E-state index contributed by atoms with van der Waals surface area (Å²) in [5, 5.41) is 5.28. The molecule has 29 heavy (non-hydrogen) atoms. The molecule has 0 atom stereocenters. The molecule has 2 heterocycles. The molecule has 0 radical (unpaired) electrons. The molecular formula is C22H18N4O2S. The topological polar surface area (TPSA) is 77.0 Å². The minimum atomic E-state index is -0.221. The highest BCUT2D eigenvalue weighted by atomic mass is 32.1. The average molecular weight is 402 g/mol. The zero-order valence-corrected chi connectivity index (χ0v) is 16.3. The van der Waals surface area contributed by atoms with Crippen molar-refractivity contribution in [3.63, 3.8) is 0 Å². The van der Waals surface area contributed by atoms with Gasteiger partial charge in [0.2, 0.25) is 0 Å². The van der Waals surface area contributed by atoms with Crippen LogP contribution in [-0.4, -0.2) is 20.9 Å². The second-order valence-electron chi connectivity index (χ2n) is 6.23. The van der Waals surface area contributed by atoms with Crippen LogP contribution in [0.1, 0.15) is 21.6 Å². The van der Waals surface area contributed by atoms with Gasteiger partial charge < -0.3 is 10.1 Å². The molecule has 144 valence electrons. The first-order chi connectivity index (χ1) is 14.3. The fraction of sp³-hybridized carbons (Fsp3) is 0.0909. The number of rotatable bonds is 7. The number of nitrogens with one attached hydrogen (secondary N) is 1. The van der Waals surface area contributed by atoms with Crippen molar-refractivity contribution in [3.05, 3.63) is 95.4 Å². The summed E-state index contributed by atoms with van der Waals surface area (Å²) in [7, 11) is 0. The van der Waals surface area contributed by atoms with E-state index in [1.165, 1.54) is 11.3 Å². The van der Waals surface area contributed by atoms with E-state index in [4.69, 9.17) is 4.74 Å². The SMILES string of the molecule is O=C(NCc1ccc(OCc2ccccc2)cc1)c1csc(-c2cnccn2)n1. The first kappa shape index (κ1) is 18.8. The lowest BCUT2D eigenvalue weighted by atomic mass is 10.2. The summed E-state index contributed by atoms with van der Waals surface area (Å²) >= 11 is 1.37. The molecule has 2 aromatic heterocycles. The van der Waals surface area contributed by atoms with E-state index in [1.54, 1.807) is 24.0 Å². The summed E-state index contributed by atoms with van der Waals surface area (Å²) in [5.41, 5.74) is 3.13. The van der Waals surface area contributed by atoms with Gasteiger partial charge in [-0.15, -0.1) is 11.3 Å². The van der Waals surface area contributed by atoms with Crippen molar-refractivity contribution < 1.29 is 9.53 Å². The highest BCUT2D eigenvalue weighted by molar-refractivity contribution is 7.13. The molecule has 1 amide bonds. The van der Waals surface area contributed by atoms with Crippen LogP contribution in [0.25, 0.3) is 10.7 Å². The van der Waals surface area contributed by atoms with Gasteiger partial charge in [0.05, 0.1) is 6.20 Å². The van der Waals surface area contributed by atoms with Crippen molar-refractivity contribution in [1.29, 1.82) is 0 Å². The maximum Gasteiger partial charge on any atom is 0.271 e. The number of hydrogen-bond donors (Lipinski definition) is 1. The van der Waals surface area contributed by atoms with Crippen molar-refractivity contribution in [3.8, 4) is 16.5 Å². The molecule has 0 saturated heterocycles. The minimum absolute atomic E-state index is 0.221. The summed E-state index contributed by atoms with van der Waals surface area (Å²) < 4.78 is 5.78. The van der Waals surface area contributed by atoms with Crippen LogP contribution in [0.2, 0.25) is 0 Å². The van der Waals surface area contributed by atoms with Crippen LogP contribution in [0.3, 0.4) is 0 Å². The van der Waals surface area contributed by atoms with Crippen LogP contribution >= 0.6 is 11.3 Å². The van der Waals surface area contributed by atoms with E-state index in [2.05, 4.69) is 20.3 Å². The second-order valence-corrected chi connectivity index (χ2v) is 7.09. The van der Waals surface area contributed by atoms with Gasteiger partial charge in [-0.2, -0.15) is 0 Å². The molecule has 4 rings (SSSR count). The first-order valence-corrected chi connectivity index (χ1v) is 9.92. The number of ether oxygens (including phenoxy) is 1. The zero-order valence-electron chi connectivity index (χ0n) is 15.5. The van der Waals surface area contributed by atoms with Crippen LogP contribution in [0.4, 0.5) is 0 Å². The molecule has 0 fully saturated rings. The molecule has 0 spiro atoms. The van der Waals surface area contributed by atoms with Crippen molar-refractivity contribution in [2.75, 3.05) is 0 Å². The minimum Gasteiger partial charge on any atom is -0.489 e. The van der Waals surface area contributed by atoms with Crippen LogP contribution in [0.15, 0.2) is 78.6 Å². The summed E-state index contributed by atoms with van der Waals surface area (Å²) in [6.07, 6.45) is 4.83. The van der Waals surface area contributed by atoms with E-state index in [0.29, 0.717) is 29.5 Å². The molecular weight excluding hydrogens is 384 g/mol. The quantitative estimate of drug-likeness (QED) is 0.503. The Balaban J connectivity index is 1.30. The molecule has 2 aromatic carbocycles. The van der Waals surface area contributed by atoms with Gasteiger partial charge in [-0.1, -0.05) is 42.5 Å². The fourth-order valence-electron chi connectivity index (χ4n) is 2.62. The van der Waals surface area contributed by atoms with Crippen LogP contribution in [0, 0.1) is 0 Å². The van der Waals surface area contributed by atoms with Crippen LogP contribution in [-0.2, 0) is 13.2 Å². The Morgan fingerprint density at radius 2 is 1.83 bits per heavy atom. The Labute approximate surface area is 172 Å². The fourth-order valence-corrected chi connectivity index (χ4v) is 3.38. The molecule has 0 aliphatic rings. The maximum absolute atomic E-state index is 12.4. The van der Waals surface area contributed by atoms with Gasteiger partial charge in [0.15, 0.2) is 0 Å². The van der Waals surface area contributed by atoms with E-state index >= 15 is 0 Å². The molecule has 0 saturated carbocycles. The summed E-state index contributed by atoms with van der Waals surface area (Å²) in [6.45, 7) is 0.935. The Morgan fingerprint density at radius 1 is 1.00 bits per heavy atom. The molecule has 7 heteroatoms. The summed E-state index contributed by atoms with van der Waals surface area (Å²) in [5.74, 6) is 0.567. The largest absolute Gasteiger partial charge is 0.489 e. The second kappa shape index (κ2) is 9.07. The number of hydrogen-bond acceptors (Lipinski definition) is 6. The predicted molar refractivity (Wildman–Crippen MR) is 112 cm³/mol. The molecule has 0 aliphatic carbocycles. The maximum atomic E-state index is 12.4. The number of amides is 1. The monoisotopic (exact) mass is 402 g/mol. The van der Waals surface area contributed by atoms with Gasteiger partial charge in [0.25, 0.3) is 5.91 Å². The number of aromatic nitrogens is 3. The molecule has 0 unspecified atom stereocenters. The summed E-state index contributed by atoms with van der Waals surface area (Å²) in [4.78, 5) is 24.9. The third-order valence-corrected chi connectivity index (χ3v) is 5.01. The van der Waals surface area contributed by atoms with E-state index in [9.17, 15) is 4.79 Å². The third kappa shape index (κ3) is 5.03. The molecule has 0 bridgehead atoms. The number of carbonyl (C=O) groups excluding carboxylic acids is 1. The molecule has 1 N–H and O–H groups in total. The van der Waals surface area contributed by atoms with Gasteiger partial charge in [0, 0.05) is 24.3 Å². The van der Waals surface area contributed by atoms with E-state index in [0.717, 1.165) is 16.9 Å².